The number of nitrogens with zero attached hydrogens (tertiary/aromatic N) is 1. The molecular formula is C16H18N2O3S. The molecule has 0 radical (unpaired) electrons. The molecule has 1 amide bonds. The zero-order valence-electron chi connectivity index (χ0n) is 12.2. The molecule has 5 nitrogen and oxygen atoms in total. The summed E-state index contributed by atoms with van der Waals surface area (Å²) in [5.41, 5.74) is 0. The molecule has 116 valence electrons. The van der Waals surface area contributed by atoms with Gasteiger partial charge in [0, 0.05) is 18.7 Å². The number of thiophene rings is 1. The number of furan rings is 1. The number of piperidine rings is 3. The van der Waals surface area contributed by atoms with E-state index in [1.807, 2.05) is 23.6 Å². The molecule has 0 aromatic carbocycles. The SMILES string of the molecule is O=C(NC1CN2CCC1CC2)Oc1ccc(-c2cccs2)o1. The van der Waals surface area contributed by atoms with Crippen LogP contribution in [0.15, 0.2) is 34.1 Å². The number of carbonyl (C=O) groups excluding carboxylic acids is 1. The van der Waals surface area contributed by atoms with Crippen LogP contribution in [0.5, 0.6) is 5.95 Å². The van der Waals surface area contributed by atoms with Gasteiger partial charge < -0.3 is 19.4 Å². The first kappa shape index (κ1) is 13.8. The third-order valence-electron chi connectivity index (χ3n) is 4.50. The molecule has 3 aliphatic heterocycles. The Balaban J connectivity index is 1.36. The molecule has 5 rings (SSSR count). The molecule has 3 fully saturated rings. The van der Waals surface area contributed by atoms with Crippen molar-refractivity contribution in [1.29, 1.82) is 0 Å². The van der Waals surface area contributed by atoms with Gasteiger partial charge in [0.1, 0.15) is 5.76 Å². The second-order valence-corrected chi connectivity index (χ2v) is 6.82. The van der Waals surface area contributed by atoms with E-state index >= 15 is 0 Å². The minimum atomic E-state index is -0.425. The second kappa shape index (κ2) is 5.78. The van der Waals surface area contributed by atoms with Crippen LogP contribution in [0.3, 0.4) is 0 Å². The Morgan fingerprint density at radius 1 is 1.32 bits per heavy atom. The summed E-state index contributed by atoms with van der Waals surface area (Å²) in [6.07, 6.45) is 1.90. The zero-order chi connectivity index (χ0) is 14.9. The predicted molar refractivity (Wildman–Crippen MR) is 84.1 cm³/mol. The number of fused-ring (bicyclic) bond motifs is 3. The van der Waals surface area contributed by atoms with Crippen LogP contribution in [0.25, 0.3) is 10.6 Å². The number of hydrogen-bond donors (Lipinski definition) is 1. The number of nitrogens with one attached hydrogen (secondary N) is 1. The molecule has 22 heavy (non-hydrogen) atoms. The number of amides is 1. The maximum atomic E-state index is 12.0. The number of carbonyl (C=O) groups is 1. The largest absolute Gasteiger partial charge is 0.424 e. The van der Waals surface area contributed by atoms with Gasteiger partial charge in [-0.3, -0.25) is 0 Å². The fraction of sp³-hybridized carbons (Fsp3) is 0.438. The minimum Gasteiger partial charge on any atom is -0.424 e. The van der Waals surface area contributed by atoms with Crippen molar-refractivity contribution in [3.05, 3.63) is 29.6 Å². The first-order valence-electron chi connectivity index (χ1n) is 7.62. The highest BCUT2D eigenvalue weighted by Gasteiger charge is 2.35. The van der Waals surface area contributed by atoms with E-state index in [9.17, 15) is 4.79 Å². The lowest BCUT2D eigenvalue weighted by molar-refractivity contribution is 0.0715. The highest BCUT2D eigenvalue weighted by atomic mass is 32.1. The van der Waals surface area contributed by atoms with Crippen LogP contribution in [0.2, 0.25) is 0 Å². The first-order valence-corrected chi connectivity index (χ1v) is 8.50. The summed E-state index contributed by atoms with van der Waals surface area (Å²) in [5.74, 6) is 1.54. The third-order valence-corrected chi connectivity index (χ3v) is 5.38. The molecule has 5 heterocycles. The van der Waals surface area contributed by atoms with Gasteiger partial charge in [0.05, 0.1) is 4.88 Å². The van der Waals surface area contributed by atoms with Gasteiger partial charge in [0.15, 0.2) is 0 Å². The number of ether oxygens (including phenoxy) is 1. The monoisotopic (exact) mass is 318 g/mol. The van der Waals surface area contributed by atoms with Gasteiger partial charge in [0.25, 0.3) is 5.95 Å². The second-order valence-electron chi connectivity index (χ2n) is 5.87. The molecule has 0 spiro atoms. The van der Waals surface area contributed by atoms with Crippen molar-refractivity contribution in [1.82, 2.24) is 10.2 Å². The third kappa shape index (κ3) is 2.76. The summed E-state index contributed by atoms with van der Waals surface area (Å²) >= 11 is 1.59. The normalized spacial score (nSPS) is 26.8. The van der Waals surface area contributed by atoms with Crippen LogP contribution in [-0.2, 0) is 0 Å². The Bertz CT molecular complexity index is 644. The summed E-state index contributed by atoms with van der Waals surface area (Å²) in [6.45, 7) is 3.23. The average Bonchev–Trinajstić information content (AvgIpc) is 3.19. The van der Waals surface area contributed by atoms with E-state index in [1.165, 1.54) is 0 Å². The molecule has 2 aromatic heterocycles. The predicted octanol–water partition coefficient (Wildman–Crippen LogP) is 3.19. The van der Waals surface area contributed by atoms with Crippen LogP contribution in [0, 0.1) is 5.92 Å². The molecule has 1 N–H and O–H groups in total. The van der Waals surface area contributed by atoms with Crippen LogP contribution < -0.4 is 10.1 Å². The number of hydrogen-bond acceptors (Lipinski definition) is 5. The van der Waals surface area contributed by atoms with Crippen molar-refractivity contribution in [2.24, 2.45) is 5.92 Å². The lowest BCUT2D eigenvalue weighted by Gasteiger charge is -2.44. The maximum Gasteiger partial charge on any atom is 0.415 e. The Kier molecular flexibility index (Phi) is 3.63. The molecule has 2 aromatic rings. The summed E-state index contributed by atoms with van der Waals surface area (Å²) in [4.78, 5) is 15.5. The average molecular weight is 318 g/mol. The Morgan fingerprint density at radius 2 is 2.18 bits per heavy atom. The van der Waals surface area contributed by atoms with Crippen LogP contribution in [-0.4, -0.2) is 36.7 Å². The van der Waals surface area contributed by atoms with Crippen molar-refractivity contribution in [3.8, 4) is 16.6 Å². The molecule has 6 heteroatoms. The van der Waals surface area contributed by atoms with Crippen molar-refractivity contribution in [2.75, 3.05) is 19.6 Å². The highest BCUT2D eigenvalue weighted by Crippen LogP contribution is 2.30. The lowest BCUT2D eigenvalue weighted by atomic mass is 9.84. The molecular weight excluding hydrogens is 300 g/mol. The molecule has 3 saturated heterocycles. The molecule has 1 unspecified atom stereocenters. The van der Waals surface area contributed by atoms with E-state index in [0.717, 1.165) is 43.1 Å². The van der Waals surface area contributed by atoms with Gasteiger partial charge in [-0.25, -0.2) is 4.79 Å². The van der Waals surface area contributed by atoms with E-state index in [1.54, 1.807) is 17.4 Å². The van der Waals surface area contributed by atoms with Crippen molar-refractivity contribution < 1.29 is 13.9 Å². The van der Waals surface area contributed by atoms with E-state index in [-0.39, 0.29) is 12.0 Å². The quantitative estimate of drug-likeness (QED) is 0.944. The molecule has 2 bridgehead atoms. The molecule has 0 aliphatic carbocycles. The summed E-state index contributed by atoms with van der Waals surface area (Å²) in [6, 6.07) is 7.64. The van der Waals surface area contributed by atoms with Gasteiger partial charge in [-0.2, -0.15) is 0 Å². The van der Waals surface area contributed by atoms with Gasteiger partial charge >= 0.3 is 6.09 Å². The zero-order valence-corrected chi connectivity index (χ0v) is 13.0. The minimum absolute atomic E-state index is 0.196. The Labute approximate surface area is 132 Å². The Morgan fingerprint density at radius 3 is 2.86 bits per heavy atom. The number of rotatable bonds is 3. The Hall–Kier alpha value is -1.79. The van der Waals surface area contributed by atoms with Crippen molar-refractivity contribution >= 4 is 17.4 Å². The fourth-order valence-corrected chi connectivity index (χ4v) is 4.01. The van der Waals surface area contributed by atoms with E-state index < -0.39 is 6.09 Å². The van der Waals surface area contributed by atoms with Crippen molar-refractivity contribution in [3.63, 3.8) is 0 Å². The van der Waals surface area contributed by atoms with Crippen LogP contribution in [0.1, 0.15) is 12.8 Å². The summed E-state index contributed by atoms with van der Waals surface area (Å²) in [5, 5.41) is 4.97. The van der Waals surface area contributed by atoms with E-state index in [4.69, 9.17) is 9.15 Å². The molecule has 0 saturated carbocycles. The highest BCUT2D eigenvalue weighted by molar-refractivity contribution is 7.13. The van der Waals surface area contributed by atoms with Gasteiger partial charge in [-0.05, 0) is 49.4 Å². The molecule has 3 aliphatic rings. The van der Waals surface area contributed by atoms with E-state index in [0.29, 0.717) is 5.92 Å². The smallest absolute Gasteiger partial charge is 0.415 e. The fourth-order valence-electron chi connectivity index (χ4n) is 3.33. The lowest BCUT2D eigenvalue weighted by Crippen LogP contribution is -2.57. The standard InChI is InChI=1S/C16H18N2O3S/c19-16(17-12-10-18-7-5-11(12)6-8-18)21-15-4-3-13(20-15)14-2-1-9-22-14/h1-4,9,11-12H,5-8,10H2,(H,17,19). The molecule has 1 atom stereocenters. The van der Waals surface area contributed by atoms with Crippen LogP contribution in [0.4, 0.5) is 4.79 Å². The topological polar surface area (TPSA) is 54.7 Å². The summed E-state index contributed by atoms with van der Waals surface area (Å²) in [7, 11) is 0. The van der Waals surface area contributed by atoms with E-state index in [2.05, 4.69) is 10.2 Å². The summed E-state index contributed by atoms with van der Waals surface area (Å²) < 4.78 is 10.8. The van der Waals surface area contributed by atoms with Crippen molar-refractivity contribution in [2.45, 2.75) is 18.9 Å². The first-order chi connectivity index (χ1) is 10.8. The van der Waals surface area contributed by atoms with Gasteiger partial charge in [-0.15, -0.1) is 11.3 Å². The maximum absolute atomic E-state index is 12.0. The van der Waals surface area contributed by atoms with Gasteiger partial charge in [-0.1, -0.05) is 6.07 Å². The van der Waals surface area contributed by atoms with Gasteiger partial charge in [0.2, 0.25) is 0 Å². The van der Waals surface area contributed by atoms with Crippen LogP contribution >= 0.6 is 11.3 Å².